The number of hydrogen-bond donors (Lipinski definition) is 1. The summed E-state index contributed by atoms with van der Waals surface area (Å²) in [5.74, 6) is -0.133. The number of hydrogen-bond acceptors (Lipinski definition) is 5. The summed E-state index contributed by atoms with van der Waals surface area (Å²) in [5.41, 5.74) is 1.87. The lowest BCUT2D eigenvalue weighted by Gasteiger charge is -2.33. The molecule has 1 atom stereocenters. The molecule has 0 saturated carbocycles. The maximum Gasteiger partial charge on any atom is 0.317 e. The van der Waals surface area contributed by atoms with Crippen LogP contribution < -0.4 is 5.32 Å². The predicted octanol–water partition coefficient (Wildman–Crippen LogP) is 0.266. The molecule has 3 amide bonds. The maximum absolute atomic E-state index is 12.4. The van der Waals surface area contributed by atoms with E-state index in [0.29, 0.717) is 19.7 Å². The van der Waals surface area contributed by atoms with Crippen molar-refractivity contribution in [3.05, 3.63) is 42.5 Å². The van der Waals surface area contributed by atoms with Crippen LogP contribution in [0.2, 0.25) is 0 Å². The molecule has 0 unspecified atom stereocenters. The van der Waals surface area contributed by atoms with Gasteiger partial charge in [0.1, 0.15) is 12.7 Å². The van der Waals surface area contributed by atoms with E-state index in [-0.39, 0.29) is 18.5 Å². The Morgan fingerprint density at radius 1 is 1.31 bits per heavy atom. The Labute approximate surface area is 151 Å². The van der Waals surface area contributed by atoms with Crippen molar-refractivity contribution in [3.8, 4) is 5.69 Å². The summed E-state index contributed by atoms with van der Waals surface area (Å²) < 4.78 is 7.13. The Morgan fingerprint density at radius 2 is 2.08 bits per heavy atom. The zero-order valence-electron chi connectivity index (χ0n) is 14.8. The number of rotatable bonds is 4. The second kappa shape index (κ2) is 7.96. The van der Waals surface area contributed by atoms with Crippen LogP contribution in [-0.4, -0.2) is 76.4 Å². The van der Waals surface area contributed by atoms with Crippen molar-refractivity contribution in [2.45, 2.75) is 12.6 Å². The van der Waals surface area contributed by atoms with E-state index < -0.39 is 6.10 Å². The van der Waals surface area contributed by atoms with Gasteiger partial charge in [0, 0.05) is 27.2 Å². The number of carbonyl (C=O) groups is 2. The smallest absolute Gasteiger partial charge is 0.317 e. The van der Waals surface area contributed by atoms with Gasteiger partial charge in [-0.15, -0.1) is 0 Å². The van der Waals surface area contributed by atoms with Gasteiger partial charge in [0.15, 0.2) is 6.10 Å². The maximum atomic E-state index is 12.4. The van der Waals surface area contributed by atoms with Crippen molar-refractivity contribution in [2.24, 2.45) is 0 Å². The van der Waals surface area contributed by atoms with Crippen LogP contribution in [0.1, 0.15) is 5.56 Å². The molecule has 9 heteroatoms. The molecule has 1 aliphatic rings. The summed E-state index contributed by atoms with van der Waals surface area (Å²) in [6, 6.07) is 7.47. The average molecular weight is 358 g/mol. The number of ether oxygens (including phenoxy) is 1. The molecular weight excluding hydrogens is 336 g/mol. The lowest BCUT2D eigenvalue weighted by atomic mass is 10.2. The first kappa shape index (κ1) is 17.9. The standard InChI is InChI=1S/C17H22N6O3/c1-21(2)16(24)15-10-22(7-8-26-15)17(25)19-9-13-3-5-14(6-4-13)23-12-18-11-20-23/h3-6,11-12,15H,7-10H2,1-2H3,(H,19,25)/t15-/m1/s1. The van der Waals surface area contributed by atoms with E-state index in [1.54, 1.807) is 30.0 Å². The van der Waals surface area contributed by atoms with Gasteiger partial charge in [0.2, 0.25) is 0 Å². The van der Waals surface area contributed by atoms with Crippen molar-refractivity contribution < 1.29 is 14.3 Å². The summed E-state index contributed by atoms with van der Waals surface area (Å²) in [6.07, 6.45) is 2.50. The molecule has 1 aromatic heterocycles. The van der Waals surface area contributed by atoms with Crippen LogP contribution in [0.15, 0.2) is 36.9 Å². The fourth-order valence-electron chi connectivity index (χ4n) is 2.67. The van der Waals surface area contributed by atoms with Gasteiger partial charge < -0.3 is 19.9 Å². The fraction of sp³-hybridized carbons (Fsp3) is 0.412. The average Bonchev–Trinajstić information content (AvgIpc) is 3.20. The number of urea groups is 1. The predicted molar refractivity (Wildman–Crippen MR) is 93.6 cm³/mol. The van der Waals surface area contributed by atoms with Gasteiger partial charge in [-0.3, -0.25) is 4.79 Å². The Balaban J connectivity index is 1.52. The Bertz CT molecular complexity index is 744. The summed E-state index contributed by atoms with van der Waals surface area (Å²) in [6.45, 7) is 1.48. The molecule has 1 fully saturated rings. The zero-order chi connectivity index (χ0) is 18.5. The lowest BCUT2D eigenvalue weighted by molar-refractivity contribution is -0.145. The molecule has 2 aromatic rings. The van der Waals surface area contributed by atoms with Crippen molar-refractivity contribution in [1.82, 2.24) is 29.9 Å². The molecule has 2 heterocycles. The van der Waals surface area contributed by atoms with E-state index in [0.717, 1.165) is 11.3 Å². The fourth-order valence-corrected chi connectivity index (χ4v) is 2.67. The highest BCUT2D eigenvalue weighted by atomic mass is 16.5. The molecule has 138 valence electrons. The summed E-state index contributed by atoms with van der Waals surface area (Å²) in [4.78, 5) is 31.4. The second-order valence-corrected chi connectivity index (χ2v) is 6.20. The zero-order valence-corrected chi connectivity index (χ0v) is 14.8. The molecule has 3 rings (SSSR count). The van der Waals surface area contributed by atoms with Gasteiger partial charge in [0.25, 0.3) is 5.91 Å². The summed E-state index contributed by atoms with van der Waals surface area (Å²) >= 11 is 0. The van der Waals surface area contributed by atoms with Crippen LogP contribution in [0.4, 0.5) is 4.79 Å². The third kappa shape index (κ3) is 4.17. The van der Waals surface area contributed by atoms with Crippen molar-refractivity contribution in [1.29, 1.82) is 0 Å². The van der Waals surface area contributed by atoms with Gasteiger partial charge >= 0.3 is 6.03 Å². The van der Waals surface area contributed by atoms with E-state index in [1.807, 2.05) is 24.3 Å². The van der Waals surface area contributed by atoms with Crippen molar-refractivity contribution >= 4 is 11.9 Å². The molecule has 1 saturated heterocycles. The number of carbonyl (C=O) groups excluding carboxylic acids is 2. The van der Waals surface area contributed by atoms with Gasteiger partial charge in [-0.1, -0.05) is 12.1 Å². The van der Waals surface area contributed by atoms with Gasteiger partial charge in [-0.05, 0) is 17.7 Å². The number of morpholine rings is 1. The molecule has 0 aliphatic carbocycles. The van der Waals surface area contributed by atoms with E-state index in [9.17, 15) is 9.59 Å². The molecule has 9 nitrogen and oxygen atoms in total. The number of amides is 3. The molecular formula is C17H22N6O3. The molecule has 0 radical (unpaired) electrons. The van der Waals surface area contributed by atoms with E-state index in [4.69, 9.17) is 4.74 Å². The quantitative estimate of drug-likeness (QED) is 0.847. The summed E-state index contributed by atoms with van der Waals surface area (Å²) in [7, 11) is 3.35. The lowest BCUT2D eigenvalue weighted by Crippen LogP contribution is -2.53. The highest BCUT2D eigenvalue weighted by molar-refractivity contribution is 5.82. The van der Waals surface area contributed by atoms with E-state index in [2.05, 4.69) is 15.4 Å². The first-order valence-electron chi connectivity index (χ1n) is 8.34. The van der Waals surface area contributed by atoms with Crippen molar-refractivity contribution in [2.75, 3.05) is 33.8 Å². The van der Waals surface area contributed by atoms with Crippen molar-refractivity contribution in [3.63, 3.8) is 0 Å². The first-order valence-corrected chi connectivity index (χ1v) is 8.34. The number of benzene rings is 1. The minimum Gasteiger partial charge on any atom is -0.365 e. The molecule has 26 heavy (non-hydrogen) atoms. The van der Waals surface area contributed by atoms with E-state index >= 15 is 0 Å². The second-order valence-electron chi connectivity index (χ2n) is 6.20. The molecule has 1 aromatic carbocycles. The minimum absolute atomic E-state index is 0.133. The third-order valence-electron chi connectivity index (χ3n) is 4.13. The summed E-state index contributed by atoms with van der Waals surface area (Å²) in [5, 5.41) is 6.95. The Morgan fingerprint density at radius 3 is 2.73 bits per heavy atom. The topological polar surface area (TPSA) is 92.6 Å². The number of aromatic nitrogens is 3. The molecule has 1 N–H and O–H groups in total. The highest BCUT2D eigenvalue weighted by Crippen LogP contribution is 2.10. The molecule has 0 bridgehead atoms. The Kier molecular flexibility index (Phi) is 5.47. The van der Waals surface area contributed by atoms with Gasteiger partial charge in [-0.25, -0.2) is 14.5 Å². The largest absolute Gasteiger partial charge is 0.365 e. The van der Waals surface area contributed by atoms with Crippen LogP contribution >= 0.6 is 0 Å². The van der Waals surface area contributed by atoms with Crippen LogP contribution in [-0.2, 0) is 16.1 Å². The monoisotopic (exact) mass is 358 g/mol. The van der Waals surface area contributed by atoms with Crippen LogP contribution in [0.5, 0.6) is 0 Å². The first-order chi connectivity index (χ1) is 12.5. The minimum atomic E-state index is -0.605. The normalized spacial score (nSPS) is 17.0. The molecule has 1 aliphatic heterocycles. The van der Waals surface area contributed by atoms with Crippen LogP contribution in [0, 0.1) is 0 Å². The third-order valence-corrected chi connectivity index (χ3v) is 4.13. The number of nitrogens with one attached hydrogen (secondary N) is 1. The van der Waals surface area contributed by atoms with Crippen LogP contribution in [0.25, 0.3) is 5.69 Å². The number of nitrogens with zero attached hydrogens (tertiary/aromatic N) is 5. The van der Waals surface area contributed by atoms with E-state index in [1.165, 1.54) is 11.2 Å². The SMILES string of the molecule is CN(C)C(=O)[C@H]1CN(C(=O)NCc2ccc(-n3cncn3)cc2)CCO1. The Hall–Kier alpha value is -2.94. The highest BCUT2D eigenvalue weighted by Gasteiger charge is 2.30. The number of likely N-dealkylation sites (N-methyl/N-ethyl adjacent to an activating group) is 1. The van der Waals surface area contributed by atoms with Gasteiger partial charge in [0.05, 0.1) is 18.8 Å². The molecule has 0 spiro atoms. The van der Waals surface area contributed by atoms with Gasteiger partial charge in [-0.2, -0.15) is 5.10 Å². The van der Waals surface area contributed by atoms with Crippen LogP contribution in [0.3, 0.4) is 0 Å².